The quantitative estimate of drug-likeness (QED) is 0.251. The summed E-state index contributed by atoms with van der Waals surface area (Å²) in [6.45, 7) is 1.63. The predicted molar refractivity (Wildman–Crippen MR) is 138 cm³/mol. The molecule has 0 unspecified atom stereocenters. The highest BCUT2D eigenvalue weighted by Gasteiger charge is 2.13. The molecule has 6 nitrogen and oxygen atoms in total. The molecule has 3 aromatic rings. The summed E-state index contributed by atoms with van der Waals surface area (Å²) in [4.78, 5) is 24.9. The second kappa shape index (κ2) is 11.7. The molecule has 0 saturated heterocycles. The van der Waals surface area contributed by atoms with E-state index in [9.17, 15) is 14.9 Å². The molecule has 172 valence electrons. The van der Waals surface area contributed by atoms with Gasteiger partial charge in [0.25, 0.3) is 11.8 Å². The van der Waals surface area contributed by atoms with E-state index >= 15 is 0 Å². The maximum absolute atomic E-state index is 12.6. The maximum Gasteiger partial charge on any atom is 0.266 e. The summed E-state index contributed by atoms with van der Waals surface area (Å²) in [6, 6.07) is 18.9. The van der Waals surface area contributed by atoms with Crippen LogP contribution in [0.3, 0.4) is 0 Å². The summed E-state index contributed by atoms with van der Waals surface area (Å²) in [5.74, 6) is -0.660. The molecule has 3 aromatic carbocycles. The molecule has 0 saturated carbocycles. The van der Waals surface area contributed by atoms with E-state index < -0.39 is 11.8 Å². The minimum atomic E-state index is -0.561. The van der Waals surface area contributed by atoms with Crippen molar-refractivity contribution in [2.24, 2.45) is 0 Å². The SMILES string of the molecule is Cc1ccc(NC(=O)/C(C#N)=C\c2cc(Br)ccc2OCC(=O)Nc2ccc(Cl)c(Cl)c2)cc1. The molecule has 0 aliphatic rings. The van der Waals surface area contributed by atoms with Gasteiger partial charge in [-0.1, -0.05) is 56.8 Å². The van der Waals surface area contributed by atoms with Crippen LogP contribution in [0, 0.1) is 18.3 Å². The smallest absolute Gasteiger partial charge is 0.266 e. The average molecular weight is 559 g/mol. The third-order valence-corrected chi connectivity index (χ3v) is 5.74. The zero-order valence-electron chi connectivity index (χ0n) is 17.9. The van der Waals surface area contributed by atoms with Crippen LogP contribution >= 0.6 is 39.1 Å². The highest BCUT2D eigenvalue weighted by atomic mass is 79.9. The van der Waals surface area contributed by atoms with Gasteiger partial charge in [-0.2, -0.15) is 5.26 Å². The first-order chi connectivity index (χ1) is 16.2. The fourth-order valence-electron chi connectivity index (χ4n) is 2.82. The number of rotatable bonds is 7. The first kappa shape index (κ1) is 25.3. The topological polar surface area (TPSA) is 91.2 Å². The van der Waals surface area contributed by atoms with Gasteiger partial charge in [-0.25, -0.2) is 0 Å². The Morgan fingerprint density at radius 2 is 1.71 bits per heavy atom. The molecule has 2 amide bonds. The van der Waals surface area contributed by atoms with Crippen LogP contribution in [-0.4, -0.2) is 18.4 Å². The number of hydrogen-bond donors (Lipinski definition) is 2. The van der Waals surface area contributed by atoms with Gasteiger partial charge in [0.1, 0.15) is 17.4 Å². The molecule has 34 heavy (non-hydrogen) atoms. The molecule has 0 spiro atoms. The van der Waals surface area contributed by atoms with Crippen LogP contribution in [0.25, 0.3) is 6.08 Å². The van der Waals surface area contributed by atoms with Crippen LogP contribution in [-0.2, 0) is 9.59 Å². The van der Waals surface area contributed by atoms with E-state index in [4.69, 9.17) is 27.9 Å². The third kappa shape index (κ3) is 7.09. The van der Waals surface area contributed by atoms with Gasteiger partial charge in [0, 0.05) is 21.4 Å². The Morgan fingerprint density at radius 1 is 1.00 bits per heavy atom. The van der Waals surface area contributed by atoms with Crippen LogP contribution in [0.5, 0.6) is 5.75 Å². The number of hydrogen-bond acceptors (Lipinski definition) is 4. The number of carbonyl (C=O) groups is 2. The second-order valence-corrected chi connectivity index (χ2v) is 8.87. The van der Waals surface area contributed by atoms with Crippen LogP contribution in [0.15, 0.2) is 70.7 Å². The third-order valence-electron chi connectivity index (χ3n) is 4.51. The lowest BCUT2D eigenvalue weighted by molar-refractivity contribution is -0.118. The van der Waals surface area contributed by atoms with Crippen molar-refractivity contribution >= 4 is 68.4 Å². The molecule has 0 bridgehead atoms. The minimum Gasteiger partial charge on any atom is -0.483 e. The molecule has 0 fully saturated rings. The van der Waals surface area contributed by atoms with E-state index in [2.05, 4.69) is 26.6 Å². The predicted octanol–water partition coefficient (Wildman–Crippen LogP) is 6.63. The van der Waals surface area contributed by atoms with E-state index in [1.807, 2.05) is 25.1 Å². The Hall–Kier alpha value is -3.31. The first-order valence-electron chi connectivity index (χ1n) is 9.92. The molecule has 0 aliphatic carbocycles. The number of aryl methyl sites for hydroxylation is 1. The van der Waals surface area contributed by atoms with Crippen molar-refractivity contribution in [3.63, 3.8) is 0 Å². The molecule has 0 atom stereocenters. The lowest BCUT2D eigenvalue weighted by atomic mass is 10.1. The zero-order chi connectivity index (χ0) is 24.7. The highest BCUT2D eigenvalue weighted by molar-refractivity contribution is 9.10. The Labute approximate surface area is 215 Å². The first-order valence-corrected chi connectivity index (χ1v) is 11.5. The van der Waals surface area contributed by atoms with Gasteiger partial charge in [-0.3, -0.25) is 9.59 Å². The van der Waals surface area contributed by atoms with Crippen molar-refractivity contribution in [1.82, 2.24) is 0 Å². The Kier molecular flexibility index (Phi) is 8.72. The molecule has 9 heteroatoms. The van der Waals surface area contributed by atoms with E-state index in [1.54, 1.807) is 42.5 Å². The number of nitrogens with zero attached hydrogens (tertiary/aromatic N) is 1. The van der Waals surface area contributed by atoms with Crippen molar-refractivity contribution in [3.05, 3.63) is 91.9 Å². The number of ether oxygens (including phenoxy) is 1. The van der Waals surface area contributed by atoms with Crippen molar-refractivity contribution in [3.8, 4) is 11.8 Å². The maximum atomic E-state index is 12.6. The fourth-order valence-corrected chi connectivity index (χ4v) is 3.49. The zero-order valence-corrected chi connectivity index (χ0v) is 21.0. The molecule has 0 aromatic heterocycles. The van der Waals surface area contributed by atoms with E-state index in [-0.39, 0.29) is 12.2 Å². The molecule has 0 heterocycles. The summed E-state index contributed by atoms with van der Waals surface area (Å²) < 4.78 is 6.37. The monoisotopic (exact) mass is 557 g/mol. The highest BCUT2D eigenvalue weighted by Crippen LogP contribution is 2.27. The summed E-state index contributed by atoms with van der Waals surface area (Å²) >= 11 is 15.2. The Morgan fingerprint density at radius 3 is 2.38 bits per heavy atom. The van der Waals surface area contributed by atoms with Gasteiger partial charge in [0.2, 0.25) is 0 Å². The van der Waals surface area contributed by atoms with Gasteiger partial charge in [-0.05, 0) is 61.5 Å². The number of amides is 2. The Bertz CT molecular complexity index is 1300. The van der Waals surface area contributed by atoms with Crippen LogP contribution in [0.1, 0.15) is 11.1 Å². The lowest BCUT2D eigenvalue weighted by Gasteiger charge is -2.11. The van der Waals surface area contributed by atoms with E-state index in [0.717, 1.165) is 5.56 Å². The average Bonchev–Trinajstić information content (AvgIpc) is 2.80. The number of carbonyl (C=O) groups excluding carboxylic acids is 2. The molecular weight excluding hydrogens is 541 g/mol. The second-order valence-electron chi connectivity index (χ2n) is 7.14. The molecule has 0 radical (unpaired) electrons. The van der Waals surface area contributed by atoms with Crippen LogP contribution in [0.4, 0.5) is 11.4 Å². The molecule has 0 aliphatic heterocycles. The van der Waals surface area contributed by atoms with Gasteiger partial charge in [0.05, 0.1) is 10.0 Å². The molecular formula is C25H18BrCl2N3O3. The van der Waals surface area contributed by atoms with Crippen LogP contribution in [0.2, 0.25) is 10.0 Å². The van der Waals surface area contributed by atoms with Gasteiger partial charge < -0.3 is 15.4 Å². The van der Waals surface area contributed by atoms with Gasteiger partial charge in [0.15, 0.2) is 6.61 Å². The van der Waals surface area contributed by atoms with Crippen molar-refractivity contribution < 1.29 is 14.3 Å². The molecule has 2 N–H and O–H groups in total. The van der Waals surface area contributed by atoms with E-state index in [1.165, 1.54) is 12.1 Å². The van der Waals surface area contributed by atoms with Gasteiger partial charge in [-0.15, -0.1) is 0 Å². The number of nitrogens with one attached hydrogen (secondary N) is 2. The van der Waals surface area contributed by atoms with Crippen molar-refractivity contribution in [2.45, 2.75) is 6.92 Å². The number of nitriles is 1. The van der Waals surface area contributed by atoms with Gasteiger partial charge >= 0.3 is 0 Å². The number of anilines is 2. The summed E-state index contributed by atoms with van der Waals surface area (Å²) in [6.07, 6.45) is 1.40. The largest absolute Gasteiger partial charge is 0.483 e. The van der Waals surface area contributed by atoms with E-state index in [0.29, 0.717) is 37.2 Å². The lowest BCUT2D eigenvalue weighted by Crippen LogP contribution is -2.20. The van der Waals surface area contributed by atoms with Crippen molar-refractivity contribution in [2.75, 3.05) is 17.2 Å². The summed E-state index contributed by atoms with van der Waals surface area (Å²) in [7, 11) is 0. The minimum absolute atomic E-state index is 0.121. The normalized spacial score (nSPS) is 10.9. The number of benzene rings is 3. The van der Waals surface area contributed by atoms with Crippen LogP contribution < -0.4 is 15.4 Å². The fraction of sp³-hybridized carbons (Fsp3) is 0.0800. The summed E-state index contributed by atoms with van der Waals surface area (Å²) in [5, 5.41) is 15.6. The number of halogens is 3. The standard InChI is InChI=1S/C25H18BrCl2N3O3/c1-15-2-5-19(6-3-15)31-25(33)17(13-29)10-16-11-18(26)4-9-23(16)34-14-24(32)30-20-7-8-21(27)22(28)12-20/h2-12H,14H2,1H3,(H,30,32)(H,31,33)/b17-10-. The van der Waals surface area contributed by atoms with Crippen molar-refractivity contribution in [1.29, 1.82) is 5.26 Å². The summed E-state index contributed by atoms with van der Waals surface area (Å²) in [5.41, 5.74) is 2.42. The Balaban J connectivity index is 1.73. The molecule has 3 rings (SSSR count).